The van der Waals surface area contributed by atoms with Crippen LogP contribution in [0.5, 0.6) is 0 Å². The molecule has 1 atom stereocenters. The van der Waals surface area contributed by atoms with Crippen molar-refractivity contribution >= 4 is 23.1 Å². The van der Waals surface area contributed by atoms with Crippen LogP contribution < -0.4 is 5.32 Å². The molecule has 1 amide bonds. The Labute approximate surface area is 121 Å². The summed E-state index contributed by atoms with van der Waals surface area (Å²) < 4.78 is 4.94. The smallest absolute Gasteiger partial charge is 0.239 e. The van der Waals surface area contributed by atoms with E-state index in [0.29, 0.717) is 24.2 Å². The number of aromatic nitrogens is 1. The lowest BCUT2D eigenvalue weighted by molar-refractivity contribution is -0.117. The van der Waals surface area contributed by atoms with E-state index in [1.54, 1.807) is 24.3 Å². The van der Waals surface area contributed by atoms with Gasteiger partial charge in [0.1, 0.15) is 5.76 Å². The molecule has 0 unspecified atom stereocenters. The molecule has 20 heavy (non-hydrogen) atoms. The molecular formula is C14H17N3O2S. The minimum atomic E-state index is -0.0413. The number of nitrogens with one attached hydrogen (secondary N) is 1. The van der Waals surface area contributed by atoms with E-state index in [9.17, 15) is 4.79 Å². The highest BCUT2D eigenvalue weighted by Crippen LogP contribution is 2.32. The predicted octanol–water partition coefficient (Wildman–Crippen LogP) is 2.82. The van der Waals surface area contributed by atoms with Gasteiger partial charge >= 0.3 is 0 Å². The first-order valence-corrected chi connectivity index (χ1v) is 7.66. The summed E-state index contributed by atoms with van der Waals surface area (Å²) in [5.74, 6) is 1.14. The minimum absolute atomic E-state index is 0.0413. The third-order valence-electron chi connectivity index (χ3n) is 3.53. The lowest BCUT2D eigenvalue weighted by Gasteiger charge is -2.22. The summed E-state index contributed by atoms with van der Waals surface area (Å²) in [5.41, 5.74) is 1.32. The molecule has 0 aromatic carbocycles. The second kappa shape index (κ2) is 5.76. The Morgan fingerprint density at radius 1 is 1.65 bits per heavy atom. The van der Waals surface area contributed by atoms with Crippen LogP contribution in [0, 0.1) is 6.92 Å². The van der Waals surface area contributed by atoms with Crippen molar-refractivity contribution in [3.8, 4) is 0 Å². The molecule has 1 aliphatic rings. The third kappa shape index (κ3) is 2.91. The lowest BCUT2D eigenvalue weighted by atomic mass is 10.1. The Bertz CT molecular complexity index is 579. The second-order valence-corrected chi connectivity index (χ2v) is 5.84. The van der Waals surface area contributed by atoms with Gasteiger partial charge in [0.25, 0.3) is 0 Å². The Morgan fingerprint density at radius 2 is 2.55 bits per heavy atom. The van der Waals surface area contributed by atoms with E-state index in [2.05, 4.69) is 32.2 Å². The minimum Gasteiger partial charge on any atom is -0.360 e. The highest BCUT2D eigenvalue weighted by atomic mass is 32.1. The summed E-state index contributed by atoms with van der Waals surface area (Å²) in [4.78, 5) is 14.3. The number of hydrogen-bond acceptors (Lipinski definition) is 5. The highest BCUT2D eigenvalue weighted by molar-refractivity contribution is 7.07. The molecule has 6 heteroatoms. The van der Waals surface area contributed by atoms with Gasteiger partial charge in [0.2, 0.25) is 5.91 Å². The van der Waals surface area contributed by atoms with E-state index in [-0.39, 0.29) is 5.91 Å². The average molecular weight is 291 g/mol. The number of anilines is 1. The number of carbonyl (C=O) groups excluding carboxylic acids is 1. The quantitative estimate of drug-likeness (QED) is 0.941. The first-order valence-electron chi connectivity index (χ1n) is 6.71. The van der Waals surface area contributed by atoms with Crippen molar-refractivity contribution in [3.63, 3.8) is 0 Å². The van der Waals surface area contributed by atoms with Crippen LogP contribution in [0.2, 0.25) is 0 Å². The predicted molar refractivity (Wildman–Crippen MR) is 77.7 cm³/mol. The molecule has 2 aromatic rings. The molecule has 0 radical (unpaired) electrons. The van der Waals surface area contributed by atoms with Crippen LogP contribution >= 0.6 is 11.3 Å². The monoisotopic (exact) mass is 291 g/mol. The molecule has 1 aliphatic heterocycles. The van der Waals surface area contributed by atoms with Crippen LogP contribution in [0.1, 0.15) is 30.2 Å². The highest BCUT2D eigenvalue weighted by Gasteiger charge is 2.27. The molecule has 2 aromatic heterocycles. The van der Waals surface area contributed by atoms with E-state index in [0.717, 1.165) is 19.4 Å². The van der Waals surface area contributed by atoms with Gasteiger partial charge < -0.3 is 9.84 Å². The zero-order chi connectivity index (χ0) is 13.9. The molecule has 3 heterocycles. The Kier molecular flexibility index (Phi) is 3.84. The summed E-state index contributed by atoms with van der Waals surface area (Å²) in [5, 5.41) is 10.8. The van der Waals surface area contributed by atoms with Gasteiger partial charge in [0, 0.05) is 12.1 Å². The van der Waals surface area contributed by atoms with Crippen molar-refractivity contribution in [1.82, 2.24) is 10.1 Å². The SMILES string of the molecule is Cc1cc(NC(=O)CN2CCC[C@@H]2c2ccsc2)no1. The second-order valence-electron chi connectivity index (χ2n) is 5.06. The fourth-order valence-electron chi connectivity index (χ4n) is 2.65. The fraction of sp³-hybridized carbons (Fsp3) is 0.429. The van der Waals surface area contributed by atoms with Crippen LogP contribution in [-0.2, 0) is 4.79 Å². The molecule has 1 saturated heterocycles. The molecule has 1 N–H and O–H groups in total. The van der Waals surface area contributed by atoms with Gasteiger partial charge in [-0.3, -0.25) is 9.69 Å². The van der Waals surface area contributed by atoms with E-state index in [1.807, 2.05) is 0 Å². The molecule has 106 valence electrons. The van der Waals surface area contributed by atoms with Crippen LogP contribution in [0.3, 0.4) is 0 Å². The van der Waals surface area contributed by atoms with E-state index in [1.165, 1.54) is 5.56 Å². The summed E-state index contributed by atoms with van der Waals surface area (Å²) >= 11 is 1.70. The number of nitrogens with zero attached hydrogens (tertiary/aromatic N) is 2. The number of aryl methyl sites for hydroxylation is 1. The molecule has 0 saturated carbocycles. The van der Waals surface area contributed by atoms with Crippen molar-refractivity contribution in [2.45, 2.75) is 25.8 Å². The van der Waals surface area contributed by atoms with Gasteiger partial charge in [-0.25, -0.2) is 0 Å². The number of carbonyl (C=O) groups is 1. The molecule has 0 spiro atoms. The Morgan fingerprint density at radius 3 is 3.25 bits per heavy atom. The van der Waals surface area contributed by atoms with E-state index < -0.39 is 0 Å². The molecule has 5 nitrogen and oxygen atoms in total. The fourth-order valence-corrected chi connectivity index (χ4v) is 3.36. The summed E-state index contributed by atoms with van der Waals surface area (Å²) in [6.45, 7) is 3.16. The summed E-state index contributed by atoms with van der Waals surface area (Å²) in [6.07, 6.45) is 2.25. The molecule has 0 bridgehead atoms. The average Bonchev–Trinajstić information content (AvgIpc) is 3.10. The van der Waals surface area contributed by atoms with Gasteiger partial charge in [-0.2, -0.15) is 11.3 Å². The van der Waals surface area contributed by atoms with E-state index >= 15 is 0 Å². The largest absolute Gasteiger partial charge is 0.360 e. The number of rotatable bonds is 4. The normalized spacial score (nSPS) is 19.4. The van der Waals surface area contributed by atoms with Crippen molar-refractivity contribution in [1.29, 1.82) is 0 Å². The van der Waals surface area contributed by atoms with Gasteiger partial charge in [0.05, 0.1) is 6.54 Å². The van der Waals surface area contributed by atoms with Crippen molar-refractivity contribution in [2.24, 2.45) is 0 Å². The summed E-state index contributed by atoms with van der Waals surface area (Å²) in [7, 11) is 0. The Balaban J connectivity index is 1.60. The Hall–Kier alpha value is -1.66. The zero-order valence-electron chi connectivity index (χ0n) is 11.3. The lowest BCUT2D eigenvalue weighted by Crippen LogP contribution is -2.32. The van der Waals surface area contributed by atoms with Gasteiger partial charge in [-0.05, 0) is 48.7 Å². The summed E-state index contributed by atoms with van der Waals surface area (Å²) in [6, 6.07) is 4.23. The topological polar surface area (TPSA) is 58.4 Å². The molecule has 3 rings (SSSR count). The van der Waals surface area contributed by atoms with Crippen molar-refractivity contribution < 1.29 is 9.32 Å². The van der Waals surface area contributed by atoms with Crippen molar-refractivity contribution in [3.05, 3.63) is 34.2 Å². The molecule has 1 fully saturated rings. The maximum absolute atomic E-state index is 12.1. The molecular weight excluding hydrogens is 274 g/mol. The van der Waals surface area contributed by atoms with Crippen LogP contribution in [0.15, 0.2) is 27.4 Å². The van der Waals surface area contributed by atoms with Gasteiger partial charge in [-0.15, -0.1) is 0 Å². The first kappa shape index (κ1) is 13.3. The number of likely N-dealkylation sites (tertiary alicyclic amines) is 1. The number of amides is 1. The van der Waals surface area contributed by atoms with Crippen molar-refractivity contribution in [2.75, 3.05) is 18.4 Å². The third-order valence-corrected chi connectivity index (χ3v) is 4.24. The molecule has 0 aliphatic carbocycles. The van der Waals surface area contributed by atoms with Crippen LogP contribution in [0.4, 0.5) is 5.82 Å². The standard InChI is InChI=1S/C14H17N3O2S/c1-10-7-13(16-19-10)15-14(18)8-17-5-2-3-12(17)11-4-6-20-9-11/h4,6-7,9,12H,2-3,5,8H2,1H3,(H,15,16,18)/t12-/m1/s1. The van der Waals surface area contributed by atoms with Gasteiger partial charge in [-0.1, -0.05) is 5.16 Å². The maximum atomic E-state index is 12.1. The number of hydrogen-bond donors (Lipinski definition) is 1. The first-order chi connectivity index (χ1) is 9.72. The number of thiophene rings is 1. The maximum Gasteiger partial charge on any atom is 0.239 e. The zero-order valence-corrected chi connectivity index (χ0v) is 12.2. The van der Waals surface area contributed by atoms with Crippen LogP contribution in [-0.4, -0.2) is 29.1 Å². The van der Waals surface area contributed by atoms with Crippen LogP contribution in [0.25, 0.3) is 0 Å². The van der Waals surface area contributed by atoms with Gasteiger partial charge in [0.15, 0.2) is 5.82 Å². The van der Waals surface area contributed by atoms with E-state index in [4.69, 9.17) is 4.52 Å².